The van der Waals surface area contributed by atoms with E-state index in [9.17, 15) is 9.59 Å². The van der Waals surface area contributed by atoms with Gasteiger partial charge in [-0.2, -0.15) is 0 Å². The van der Waals surface area contributed by atoms with E-state index >= 15 is 0 Å². The van der Waals surface area contributed by atoms with Crippen LogP contribution in [-0.2, 0) is 11.3 Å². The number of nitrogens with one attached hydrogen (secondary N) is 1. The lowest BCUT2D eigenvalue weighted by Crippen LogP contribution is -2.35. The number of pyridine rings is 1. The van der Waals surface area contributed by atoms with Crippen molar-refractivity contribution in [2.24, 2.45) is 0 Å². The Morgan fingerprint density at radius 1 is 1.15 bits per heavy atom. The zero-order chi connectivity index (χ0) is 23.2. The number of aromatic nitrogens is 1. The van der Waals surface area contributed by atoms with Crippen LogP contribution in [0, 0.1) is 6.92 Å². The number of anilines is 1. The Hall–Kier alpha value is -3.87. The zero-order valence-corrected chi connectivity index (χ0v) is 18.8. The topological polar surface area (TPSA) is 80.8 Å². The van der Waals surface area contributed by atoms with Crippen LogP contribution in [0.1, 0.15) is 41.3 Å². The van der Waals surface area contributed by atoms with E-state index in [0.29, 0.717) is 30.2 Å². The van der Waals surface area contributed by atoms with Crippen LogP contribution in [-0.4, -0.2) is 29.9 Å². The van der Waals surface area contributed by atoms with Crippen molar-refractivity contribution in [3.05, 3.63) is 77.5 Å². The van der Waals surface area contributed by atoms with Crippen molar-refractivity contribution in [2.45, 2.75) is 33.2 Å². The number of fused-ring (bicyclic) bond motifs is 2. The maximum atomic E-state index is 13.3. The van der Waals surface area contributed by atoms with Crippen molar-refractivity contribution in [1.29, 1.82) is 0 Å². The predicted molar refractivity (Wildman–Crippen MR) is 126 cm³/mol. The molecule has 0 unspecified atom stereocenters. The minimum Gasteiger partial charge on any atom is -0.494 e. The molecule has 3 aromatic rings. The van der Waals surface area contributed by atoms with Gasteiger partial charge >= 0.3 is 0 Å². The van der Waals surface area contributed by atoms with Gasteiger partial charge in [-0.05, 0) is 60.9 Å². The van der Waals surface area contributed by atoms with Crippen molar-refractivity contribution in [3.63, 3.8) is 0 Å². The first-order valence-corrected chi connectivity index (χ1v) is 11.1. The molecular weight excluding hydrogens is 418 g/mol. The summed E-state index contributed by atoms with van der Waals surface area (Å²) in [6, 6.07) is 16.7. The molecule has 0 spiro atoms. The third kappa shape index (κ3) is 5.31. The van der Waals surface area contributed by atoms with Gasteiger partial charge in [-0.25, -0.2) is 4.98 Å². The maximum absolute atomic E-state index is 13.3. The molecule has 1 aliphatic heterocycles. The van der Waals surface area contributed by atoms with Gasteiger partial charge in [0.15, 0.2) is 5.75 Å². The highest BCUT2D eigenvalue weighted by Crippen LogP contribution is 2.38. The molecule has 7 nitrogen and oxygen atoms in total. The number of benzene rings is 2. The van der Waals surface area contributed by atoms with Gasteiger partial charge in [0.2, 0.25) is 11.8 Å². The smallest absolute Gasteiger partial charge is 0.263 e. The van der Waals surface area contributed by atoms with E-state index in [2.05, 4.69) is 17.2 Å². The molecule has 4 rings (SSSR count). The lowest BCUT2D eigenvalue weighted by molar-refractivity contribution is -0.121. The van der Waals surface area contributed by atoms with E-state index in [1.54, 1.807) is 23.2 Å². The number of hydrogen-bond donors (Lipinski definition) is 1. The average Bonchev–Trinajstić information content (AvgIpc) is 2.94. The summed E-state index contributed by atoms with van der Waals surface area (Å²) in [7, 11) is 0. The summed E-state index contributed by atoms with van der Waals surface area (Å²) in [6.45, 7) is 5.32. The summed E-state index contributed by atoms with van der Waals surface area (Å²) in [4.78, 5) is 31.6. The third-order valence-electron chi connectivity index (χ3n) is 5.31. The van der Waals surface area contributed by atoms with Crippen molar-refractivity contribution < 1.29 is 19.1 Å². The molecule has 0 radical (unpaired) electrons. The fourth-order valence-electron chi connectivity index (χ4n) is 3.57. The van der Waals surface area contributed by atoms with Crippen molar-refractivity contribution in [2.75, 3.05) is 18.1 Å². The lowest BCUT2D eigenvalue weighted by atomic mass is 10.1. The summed E-state index contributed by atoms with van der Waals surface area (Å²) >= 11 is 0. The molecule has 7 heteroatoms. The van der Waals surface area contributed by atoms with Crippen LogP contribution >= 0.6 is 0 Å². The molecule has 0 saturated carbocycles. The first-order chi connectivity index (χ1) is 16.0. The zero-order valence-electron chi connectivity index (χ0n) is 18.8. The Morgan fingerprint density at radius 2 is 1.97 bits per heavy atom. The second kappa shape index (κ2) is 10.2. The molecule has 2 aromatic carbocycles. The number of ether oxygens (including phenoxy) is 2. The lowest BCUT2D eigenvalue weighted by Gasteiger charge is -2.22. The number of carbonyl (C=O) groups excluding carboxylic acids is 2. The van der Waals surface area contributed by atoms with Gasteiger partial charge < -0.3 is 19.7 Å². The molecule has 2 amide bonds. The molecule has 2 heterocycles. The van der Waals surface area contributed by atoms with Crippen LogP contribution in [0.3, 0.4) is 0 Å². The number of amides is 2. The van der Waals surface area contributed by atoms with E-state index in [1.807, 2.05) is 49.4 Å². The number of rotatable bonds is 8. The predicted octanol–water partition coefficient (Wildman–Crippen LogP) is 4.64. The first kappa shape index (κ1) is 22.3. The van der Waals surface area contributed by atoms with Crippen LogP contribution < -0.4 is 19.7 Å². The van der Waals surface area contributed by atoms with Crippen molar-refractivity contribution in [3.8, 4) is 17.4 Å². The molecule has 0 aliphatic carbocycles. The quantitative estimate of drug-likeness (QED) is 0.546. The fraction of sp³-hybridized carbons (Fsp3) is 0.269. The van der Waals surface area contributed by atoms with Crippen molar-refractivity contribution in [1.82, 2.24) is 10.3 Å². The second-order valence-corrected chi connectivity index (χ2v) is 7.91. The average molecular weight is 446 g/mol. The molecule has 0 atom stereocenters. The Balaban J connectivity index is 1.42. The maximum Gasteiger partial charge on any atom is 0.263 e. The first-order valence-electron chi connectivity index (χ1n) is 11.1. The van der Waals surface area contributed by atoms with Crippen LogP contribution in [0.4, 0.5) is 5.69 Å². The molecule has 0 bridgehead atoms. The second-order valence-electron chi connectivity index (χ2n) is 7.91. The summed E-state index contributed by atoms with van der Waals surface area (Å²) < 4.78 is 11.5. The molecule has 1 aliphatic rings. The molecule has 1 aromatic heterocycles. The minimum atomic E-state index is -0.238. The van der Waals surface area contributed by atoms with Crippen molar-refractivity contribution >= 4 is 17.5 Å². The SMILES string of the molecule is CCCOc1ccc(CNC(=O)CCN2C(=O)c3cccnc3Oc3ccc(C)cc32)cc1. The normalized spacial score (nSPS) is 12.3. The number of carbonyl (C=O) groups is 2. The third-order valence-corrected chi connectivity index (χ3v) is 5.31. The van der Waals surface area contributed by atoms with Crippen LogP contribution in [0.25, 0.3) is 0 Å². The van der Waals surface area contributed by atoms with E-state index in [-0.39, 0.29) is 30.7 Å². The van der Waals surface area contributed by atoms with Crippen LogP contribution in [0.2, 0.25) is 0 Å². The standard InChI is InChI=1S/C26H27N3O4/c1-3-15-32-20-9-7-19(8-10-20)17-28-24(30)12-14-29-22-16-18(2)6-11-23(22)33-25-21(26(29)31)5-4-13-27-25/h4-11,13,16H,3,12,14-15,17H2,1-2H3,(H,28,30). The molecule has 0 saturated heterocycles. The molecule has 170 valence electrons. The fourth-order valence-corrected chi connectivity index (χ4v) is 3.57. The highest BCUT2D eigenvalue weighted by Gasteiger charge is 2.29. The Kier molecular flexibility index (Phi) is 6.88. The largest absolute Gasteiger partial charge is 0.494 e. The number of nitrogens with zero attached hydrogens (tertiary/aromatic N) is 2. The molecule has 0 fully saturated rings. The highest BCUT2D eigenvalue weighted by molar-refractivity contribution is 6.09. The van der Waals surface area contributed by atoms with E-state index in [1.165, 1.54) is 0 Å². The Bertz CT molecular complexity index is 1140. The van der Waals surface area contributed by atoms with Gasteiger partial charge in [0.1, 0.15) is 11.3 Å². The summed E-state index contributed by atoms with van der Waals surface area (Å²) in [5.41, 5.74) is 2.97. The van der Waals surface area contributed by atoms with Gasteiger partial charge in [-0.3, -0.25) is 9.59 Å². The van der Waals surface area contributed by atoms with E-state index in [0.717, 1.165) is 23.3 Å². The summed E-state index contributed by atoms with van der Waals surface area (Å²) in [6.07, 6.45) is 2.70. The highest BCUT2D eigenvalue weighted by atomic mass is 16.5. The van der Waals surface area contributed by atoms with Gasteiger partial charge in [0.25, 0.3) is 5.91 Å². The van der Waals surface area contributed by atoms with Crippen LogP contribution in [0.5, 0.6) is 17.4 Å². The van der Waals surface area contributed by atoms with Gasteiger partial charge in [-0.15, -0.1) is 0 Å². The molecule has 1 N–H and O–H groups in total. The summed E-state index contributed by atoms with van der Waals surface area (Å²) in [5.74, 6) is 1.25. The van der Waals surface area contributed by atoms with Gasteiger partial charge in [0, 0.05) is 25.7 Å². The Labute approximate surface area is 193 Å². The number of aryl methyl sites for hydroxylation is 1. The monoisotopic (exact) mass is 445 g/mol. The Morgan fingerprint density at radius 3 is 2.76 bits per heavy atom. The van der Waals surface area contributed by atoms with Crippen LogP contribution in [0.15, 0.2) is 60.8 Å². The van der Waals surface area contributed by atoms with Gasteiger partial charge in [-0.1, -0.05) is 25.1 Å². The van der Waals surface area contributed by atoms with Gasteiger partial charge in [0.05, 0.1) is 12.3 Å². The molecule has 33 heavy (non-hydrogen) atoms. The minimum absolute atomic E-state index is 0.139. The molecular formula is C26H27N3O4. The summed E-state index contributed by atoms with van der Waals surface area (Å²) in [5, 5.41) is 2.92. The van der Waals surface area contributed by atoms with E-state index in [4.69, 9.17) is 9.47 Å². The number of hydrogen-bond acceptors (Lipinski definition) is 5. The van der Waals surface area contributed by atoms with E-state index < -0.39 is 0 Å².